The van der Waals surface area contributed by atoms with Gasteiger partial charge in [-0.05, 0) is 30.3 Å². The van der Waals surface area contributed by atoms with E-state index in [0.29, 0.717) is 20.1 Å². The smallest absolute Gasteiger partial charge is 0.231 e. The molecule has 2 aromatic carbocycles. The lowest BCUT2D eigenvalue weighted by atomic mass is 10.1. The van der Waals surface area contributed by atoms with Gasteiger partial charge >= 0.3 is 0 Å². The number of fused-ring (bicyclic) bond motifs is 1. The first-order chi connectivity index (χ1) is 12.1. The maximum Gasteiger partial charge on any atom is 0.231 e. The fourth-order valence-electron chi connectivity index (χ4n) is 2.46. The molecule has 0 aliphatic carbocycles. The molecule has 2 heterocycles. The lowest BCUT2D eigenvalue weighted by Crippen LogP contribution is -1.88. The average molecular weight is 388 g/mol. The average Bonchev–Trinajstić information content (AvgIpc) is 3.16. The van der Waals surface area contributed by atoms with Gasteiger partial charge in [-0.25, -0.2) is 0 Å². The molecule has 25 heavy (non-hydrogen) atoms. The Hall–Kier alpha value is -2.34. The van der Waals surface area contributed by atoms with E-state index >= 15 is 0 Å². The van der Waals surface area contributed by atoms with Crippen molar-refractivity contribution in [1.82, 2.24) is 4.98 Å². The largest absolute Gasteiger partial charge is 0.492 e. The topological polar surface area (TPSA) is 57.5 Å². The van der Waals surface area contributed by atoms with Gasteiger partial charge in [-0.3, -0.25) is 4.99 Å². The van der Waals surface area contributed by atoms with Gasteiger partial charge in [-0.1, -0.05) is 52.7 Å². The van der Waals surface area contributed by atoms with Crippen LogP contribution in [0.1, 0.15) is 10.4 Å². The van der Waals surface area contributed by atoms with E-state index in [9.17, 15) is 5.11 Å². The van der Waals surface area contributed by atoms with Gasteiger partial charge in [0.1, 0.15) is 0 Å². The van der Waals surface area contributed by atoms with Crippen LogP contribution in [0.25, 0.3) is 11.6 Å². The molecule has 4 rings (SSSR count). The number of hydrogen-bond donors (Lipinski definition) is 2. The van der Waals surface area contributed by atoms with Gasteiger partial charge < -0.3 is 10.4 Å². The predicted molar refractivity (Wildman–Crippen MR) is 106 cm³/mol. The van der Waals surface area contributed by atoms with Crippen molar-refractivity contribution in [2.75, 3.05) is 5.32 Å². The highest BCUT2D eigenvalue weighted by atomic mass is 35.5. The van der Waals surface area contributed by atoms with Crippen molar-refractivity contribution in [2.24, 2.45) is 4.99 Å². The summed E-state index contributed by atoms with van der Waals surface area (Å²) >= 11 is 13.3. The molecule has 0 radical (unpaired) electrons. The zero-order chi connectivity index (χ0) is 17.4. The van der Waals surface area contributed by atoms with Crippen LogP contribution in [-0.4, -0.2) is 16.3 Å². The summed E-state index contributed by atoms with van der Waals surface area (Å²) in [5.74, 6) is -0.0298. The first-order valence-corrected chi connectivity index (χ1v) is 8.94. The minimum atomic E-state index is -0.0298. The fourth-order valence-corrected chi connectivity index (χ4v) is 3.59. The molecule has 0 spiro atoms. The van der Waals surface area contributed by atoms with E-state index in [4.69, 9.17) is 23.2 Å². The lowest BCUT2D eigenvalue weighted by molar-refractivity contribution is 0.457. The summed E-state index contributed by atoms with van der Waals surface area (Å²) in [5.41, 5.74) is 3.65. The fraction of sp³-hybridized carbons (Fsp3) is 0. The molecule has 2 N–H and O–H groups in total. The molecule has 1 aliphatic rings. The van der Waals surface area contributed by atoms with Crippen molar-refractivity contribution < 1.29 is 5.11 Å². The number of rotatable bonds is 3. The highest BCUT2D eigenvalue weighted by molar-refractivity contribution is 7.16. The van der Waals surface area contributed by atoms with Gasteiger partial charge in [-0.2, -0.15) is 4.98 Å². The molecule has 1 aromatic heterocycles. The summed E-state index contributed by atoms with van der Waals surface area (Å²) in [5, 5.41) is 14.8. The summed E-state index contributed by atoms with van der Waals surface area (Å²) in [7, 11) is 0. The van der Waals surface area contributed by atoms with Crippen LogP contribution in [0.3, 0.4) is 0 Å². The van der Waals surface area contributed by atoms with E-state index in [0.717, 1.165) is 22.5 Å². The zero-order valence-electron chi connectivity index (χ0n) is 12.7. The van der Waals surface area contributed by atoms with Crippen molar-refractivity contribution in [1.29, 1.82) is 0 Å². The van der Waals surface area contributed by atoms with E-state index in [1.165, 1.54) is 11.3 Å². The number of allylic oxidation sites excluding steroid dienone is 1. The van der Waals surface area contributed by atoms with Crippen molar-refractivity contribution in [3.8, 4) is 5.88 Å². The third kappa shape index (κ3) is 3.26. The van der Waals surface area contributed by atoms with E-state index in [1.54, 1.807) is 24.4 Å². The standard InChI is InChI=1S/C18H11Cl2N3OS/c19-13-6-5-11(8-14(13)20)22-18-23-17(24)16(25-18)7-10-9-21-15-4-2-1-3-12(10)15/h1-9,24H,(H,22,23)/b10-7-. The van der Waals surface area contributed by atoms with E-state index in [2.05, 4.69) is 15.3 Å². The van der Waals surface area contributed by atoms with Gasteiger partial charge in [-0.15, -0.1) is 0 Å². The molecule has 1 aliphatic heterocycles. The van der Waals surface area contributed by atoms with Crippen LogP contribution >= 0.6 is 34.5 Å². The highest BCUT2D eigenvalue weighted by Gasteiger charge is 2.14. The molecule has 0 saturated carbocycles. The number of aromatic hydroxyl groups is 1. The summed E-state index contributed by atoms with van der Waals surface area (Å²) in [6.45, 7) is 0. The number of thiazole rings is 1. The molecular formula is C18H11Cl2N3OS. The van der Waals surface area contributed by atoms with Gasteiger partial charge in [0.15, 0.2) is 5.13 Å². The van der Waals surface area contributed by atoms with Crippen LogP contribution in [0.5, 0.6) is 5.88 Å². The van der Waals surface area contributed by atoms with Crippen molar-refractivity contribution in [3.63, 3.8) is 0 Å². The SMILES string of the molecule is Oc1nc(Nc2ccc(Cl)c(Cl)c2)sc1/C=C1/C=Nc2ccccc21. The highest BCUT2D eigenvalue weighted by Crippen LogP contribution is 2.37. The van der Waals surface area contributed by atoms with Gasteiger partial charge in [0.2, 0.25) is 5.88 Å². The molecule has 124 valence electrons. The van der Waals surface area contributed by atoms with Crippen LogP contribution in [0.4, 0.5) is 16.5 Å². The van der Waals surface area contributed by atoms with E-state index in [-0.39, 0.29) is 5.88 Å². The molecular weight excluding hydrogens is 377 g/mol. The Morgan fingerprint density at radius 3 is 2.76 bits per heavy atom. The third-order valence-electron chi connectivity index (χ3n) is 3.65. The number of nitrogens with one attached hydrogen (secondary N) is 1. The number of nitrogens with zero attached hydrogens (tertiary/aromatic N) is 2. The maximum absolute atomic E-state index is 10.1. The number of para-hydroxylation sites is 1. The van der Waals surface area contributed by atoms with Crippen LogP contribution in [0.2, 0.25) is 10.0 Å². The number of halogens is 2. The number of hydrogen-bond acceptors (Lipinski definition) is 5. The third-order valence-corrected chi connectivity index (χ3v) is 5.30. The van der Waals surface area contributed by atoms with Crippen LogP contribution in [0.15, 0.2) is 47.5 Å². The molecule has 0 bridgehead atoms. The molecule has 0 fully saturated rings. The Morgan fingerprint density at radius 1 is 1.08 bits per heavy atom. The minimum absolute atomic E-state index is 0.0298. The zero-order valence-corrected chi connectivity index (χ0v) is 15.0. The quantitative estimate of drug-likeness (QED) is 0.565. The summed E-state index contributed by atoms with van der Waals surface area (Å²) in [6.07, 6.45) is 3.66. The van der Waals surface area contributed by atoms with Gasteiger partial charge in [0, 0.05) is 23.0 Å². The minimum Gasteiger partial charge on any atom is -0.492 e. The maximum atomic E-state index is 10.1. The molecule has 7 heteroatoms. The van der Waals surface area contributed by atoms with E-state index < -0.39 is 0 Å². The lowest BCUT2D eigenvalue weighted by Gasteiger charge is -2.03. The van der Waals surface area contributed by atoms with E-state index in [1.807, 2.05) is 30.3 Å². The normalized spacial score (nSPS) is 14.1. The molecule has 0 saturated heterocycles. The molecule has 0 unspecified atom stereocenters. The Bertz CT molecular complexity index is 1030. The second kappa shape index (κ2) is 6.52. The molecule has 0 amide bonds. The number of aliphatic imine (C=N–C) groups is 1. The van der Waals surface area contributed by atoms with Crippen LogP contribution in [-0.2, 0) is 0 Å². The first-order valence-electron chi connectivity index (χ1n) is 7.37. The Labute approximate surface area is 158 Å². The van der Waals surface area contributed by atoms with Gasteiger partial charge in [0.25, 0.3) is 0 Å². The second-order valence-electron chi connectivity index (χ2n) is 5.34. The van der Waals surface area contributed by atoms with Crippen molar-refractivity contribution in [2.45, 2.75) is 0 Å². The summed E-state index contributed by atoms with van der Waals surface area (Å²) in [4.78, 5) is 9.17. The van der Waals surface area contributed by atoms with Crippen molar-refractivity contribution >= 4 is 68.9 Å². The second-order valence-corrected chi connectivity index (χ2v) is 7.18. The van der Waals surface area contributed by atoms with Crippen molar-refractivity contribution in [3.05, 3.63) is 63.0 Å². The summed E-state index contributed by atoms with van der Waals surface area (Å²) in [6, 6.07) is 13.1. The molecule has 3 aromatic rings. The molecule has 4 nitrogen and oxygen atoms in total. The van der Waals surface area contributed by atoms with Crippen LogP contribution in [0, 0.1) is 0 Å². The van der Waals surface area contributed by atoms with Gasteiger partial charge in [0.05, 0.1) is 20.6 Å². The van der Waals surface area contributed by atoms with Crippen LogP contribution < -0.4 is 5.32 Å². The number of benzene rings is 2. The Balaban J connectivity index is 1.62. The Kier molecular flexibility index (Phi) is 4.21. The number of aromatic nitrogens is 1. The summed E-state index contributed by atoms with van der Waals surface area (Å²) < 4.78 is 0. The predicted octanol–water partition coefficient (Wildman–Crippen LogP) is 6.16. The Morgan fingerprint density at radius 2 is 1.92 bits per heavy atom. The molecule has 0 atom stereocenters. The monoisotopic (exact) mass is 387 g/mol. The first kappa shape index (κ1) is 16.1. The number of anilines is 2.